The van der Waals surface area contributed by atoms with E-state index < -0.39 is 0 Å². The van der Waals surface area contributed by atoms with Crippen molar-refractivity contribution >= 4 is 5.97 Å². The fourth-order valence-corrected chi connectivity index (χ4v) is 1.11. The predicted octanol–water partition coefficient (Wildman–Crippen LogP) is -0.114. The maximum Gasteiger partial charge on any atom is 0.327 e. The molecule has 0 fully saturated rings. The minimum Gasteiger partial charge on any atom is -0.356 e. The standard InChI is InChI=1S/C8H19N3O2/c1-7(2)6-11(3)5-4-8(12)13-10-9/h7,10H,4-6,9H2,1-3H3. The monoisotopic (exact) mass is 189 g/mol. The molecule has 0 rings (SSSR count). The van der Waals surface area contributed by atoms with Gasteiger partial charge in [-0.15, -0.1) is 0 Å². The Hall–Kier alpha value is -0.650. The van der Waals surface area contributed by atoms with Crippen molar-refractivity contribution in [3.8, 4) is 0 Å². The first kappa shape index (κ1) is 12.3. The molecule has 0 unspecified atom stereocenters. The van der Waals surface area contributed by atoms with Crippen LogP contribution < -0.4 is 11.4 Å². The molecule has 5 nitrogen and oxygen atoms in total. The highest BCUT2D eigenvalue weighted by molar-refractivity contribution is 5.69. The van der Waals surface area contributed by atoms with Crippen molar-refractivity contribution in [1.29, 1.82) is 0 Å². The van der Waals surface area contributed by atoms with Crippen molar-refractivity contribution in [1.82, 2.24) is 10.5 Å². The highest BCUT2D eigenvalue weighted by Crippen LogP contribution is 1.96. The van der Waals surface area contributed by atoms with Gasteiger partial charge in [0.25, 0.3) is 0 Å². The summed E-state index contributed by atoms with van der Waals surface area (Å²) >= 11 is 0. The average Bonchev–Trinajstić information content (AvgIpc) is 2.00. The fourth-order valence-electron chi connectivity index (χ4n) is 1.11. The highest BCUT2D eigenvalue weighted by atomic mass is 16.7. The zero-order valence-electron chi connectivity index (χ0n) is 8.54. The molecule has 0 amide bonds. The Morgan fingerprint density at radius 3 is 2.69 bits per heavy atom. The van der Waals surface area contributed by atoms with Crippen LogP contribution >= 0.6 is 0 Å². The molecule has 0 aliphatic carbocycles. The van der Waals surface area contributed by atoms with Crippen LogP contribution in [-0.2, 0) is 9.63 Å². The van der Waals surface area contributed by atoms with Crippen molar-refractivity contribution in [2.75, 3.05) is 20.1 Å². The second-order valence-corrected chi connectivity index (χ2v) is 3.50. The molecular weight excluding hydrogens is 170 g/mol. The molecule has 0 aliphatic heterocycles. The van der Waals surface area contributed by atoms with Crippen LogP contribution in [0, 0.1) is 5.92 Å². The number of hydrogen-bond acceptors (Lipinski definition) is 5. The van der Waals surface area contributed by atoms with Crippen molar-refractivity contribution in [2.24, 2.45) is 11.8 Å². The zero-order valence-corrected chi connectivity index (χ0v) is 8.54. The van der Waals surface area contributed by atoms with E-state index in [1.54, 1.807) is 0 Å². The number of rotatable bonds is 6. The normalized spacial score (nSPS) is 10.9. The quantitative estimate of drug-likeness (QED) is 0.450. The van der Waals surface area contributed by atoms with Crippen LogP contribution in [-0.4, -0.2) is 31.0 Å². The fraction of sp³-hybridized carbons (Fsp3) is 0.875. The maximum atomic E-state index is 10.8. The number of nitrogens with two attached hydrogens (primary N) is 1. The summed E-state index contributed by atoms with van der Waals surface area (Å²) in [5.41, 5.74) is 1.86. The molecule has 78 valence electrons. The third-order valence-electron chi connectivity index (χ3n) is 1.55. The summed E-state index contributed by atoms with van der Waals surface area (Å²) in [5, 5.41) is 0. The van der Waals surface area contributed by atoms with Crippen molar-refractivity contribution < 1.29 is 9.63 Å². The molecule has 0 aromatic carbocycles. The minimum absolute atomic E-state index is 0.335. The van der Waals surface area contributed by atoms with Crippen LogP contribution in [0.1, 0.15) is 20.3 Å². The minimum atomic E-state index is -0.335. The first-order valence-corrected chi connectivity index (χ1v) is 4.40. The zero-order chi connectivity index (χ0) is 10.3. The molecule has 0 radical (unpaired) electrons. The largest absolute Gasteiger partial charge is 0.356 e. The second kappa shape index (κ2) is 6.82. The van der Waals surface area contributed by atoms with Gasteiger partial charge >= 0.3 is 5.97 Å². The van der Waals surface area contributed by atoms with Gasteiger partial charge in [0.15, 0.2) is 0 Å². The van der Waals surface area contributed by atoms with E-state index in [4.69, 9.17) is 5.84 Å². The Balaban J connectivity index is 3.45. The molecule has 13 heavy (non-hydrogen) atoms. The summed E-state index contributed by atoms with van der Waals surface area (Å²) in [6, 6.07) is 0. The third-order valence-corrected chi connectivity index (χ3v) is 1.55. The van der Waals surface area contributed by atoms with E-state index in [1.807, 2.05) is 12.6 Å². The topological polar surface area (TPSA) is 67.6 Å². The van der Waals surface area contributed by atoms with E-state index in [1.165, 1.54) is 0 Å². The number of nitrogens with one attached hydrogen (secondary N) is 1. The lowest BCUT2D eigenvalue weighted by molar-refractivity contribution is -0.151. The van der Waals surface area contributed by atoms with Gasteiger partial charge in [-0.05, 0) is 13.0 Å². The molecule has 0 aromatic heterocycles. The second-order valence-electron chi connectivity index (χ2n) is 3.50. The SMILES string of the molecule is CC(C)CN(C)CCC(=O)ONN. The molecule has 0 aromatic rings. The van der Waals surface area contributed by atoms with Gasteiger partial charge in [0.05, 0.1) is 6.42 Å². The van der Waals surface area contributed by atoms with E-state index in [2.05, 4.69) is 23.6 Å². The van der Waals surface area contributed by atoms with Gasteiger partial charge in [-0.25, -0.2) is 5.84 Å². The van der Waals surface area contributed by atoms with Gasteiger partial charge < -0.3 is 9.74 Å². The van der Waals surface area contributed by atoms with Crippen LogP contribution in [0.5, 0.6) is 0 Å². The molecule has 0 spiro atoms. The average molecular weight is 189 g/mol. The Bertz CT molecular complexity index is 150. The number of carbonyl (C=O) groups excluding carboxylic acids is 1. The number of hydrogen-bond donors (Lipinski definition) is 2. The van der Waals surface area contributed by atoms with Gasteiger partial charge in [0.2, 0.25) is 0 Å². The van der Waals surface area contributed by atoms with E-state index in [0.717, 1.165) is 6.54 Å². The highest BCUT2D eigenvalue weighted by Gasteiger charge is 2.06. The lowest BCUT2D eigenvalue weighted by atomic mass is 10.2. The van der Waals surface area contributed by atoms with Crippen LogP contribution in [0.4, 0.5) is 0 Å². The third kappa shape index (κ3) is 7.70. The molecule has 5 heteroatoms. The van der Waals surface area contributed by atoms with Crippen molar-refractivity contribution in [3.05, 3.63) is 0 Å². The van der Waals surface area contributed by atoms with Crippen LogP contribution in [0.15, 0.2) is 0 Å². The molecule has 0 heterocycles. The Labute approximate surface area is 79.1 Å². The summed E-state index contributed by atoms with van der Waals surface area (Å²) in [6.45, 7) is 5.94. The Morgan fingerprint density at radius 2 is 2.23 bits per heavy atom. The van der Waals surface area contributed by atoms with E-state index in [-0.39, 0.29) is 5.97 Å². The Kier molecular flexibility index (Phi) is 6.48. The van der Waals surface area contributed by atoms with Gasteiger partial charge in [-0.2, -0.15) is 0 Å². The Morgan fingerprint density at radius 1 is 1.62 bits per heavy atom. The van der Waals surface area contributed by atoms with Gasteiger partial charge in [0, 0.05) is 13.1 Å². The van der Waals surface area contributed by atoms with E-state index in [0.29, 0.717) is 18.9 Å². The summed E-state index contributed by atoms with van der Waals surface area (Å²) < 4.78 is 0. The lowest BCUT2D eigenvalue weighted by Gasteiger charge is -2.17. The summed E-state index contributed by atoms with van der Waals surface area (Å²) in [4.78, 5) is 17.3. The number of carbonyl (C=O) groups is 1. The lowest BCUT2D eigenvalue weighted by Crippen LogP contribution is -2.30. The predicted molar refractivity (Wildman–Crippen MR) is 50.4 cm³/mol. The van der Waals surface area contributed by atoms with Gasteiger partial charge in [0.1, 0.15) is 0 Å². The van der Waals surface area contributed by atoms with E-state index >= 15 is 0 Å². The summed E-state index contributed by atoms with van der Waals surface area (Å²) in [6.07, 6.45) is 0.355. The maximum absolute atomic E-state index is 10.8. The molecule has 3 N–H and O–H groups in total. The van der Waals surface area contributed by atoms with Crippen molar-refractivity contribution in [2.45, 2.75) is 20.3 Å². The van der Waals surface area contributed by atoms with Crippen LogP contribution in [0.2, 0.25) is 0 Å². The molecule has 0 bridgehead atoms. The van der Waals surface area contributed by atoms with Gasteiger partial charge in [-0.3, -0.25) is 4.79 Å². The summed E-state index contributed by atoms with van der Waals surface area (Å²) in [7, 11) is 1.98. The van der Waals surface area contributed by atoms with Crippen LogP contribution in [0.25, 0.3) is 0 Å². The first-order valence-electron chi connectivity index (χ1n) is 4.40. The molecular formula is C8H19N3O2. The van der Waals surface area contributed by atoms with E-state index in [9.17, 15) is 4.79 Å². The van der Waals surface area contributed by atoms with Crippen molar-refractivity contribution in [3.63, 3.8) is 0 Å². The summed E-state index contributed by atoms with van der Waals surface area (Å²) in [5.74, 6) is 5.08. The van der Waals surface area contributed by atoms with Gasteiger partial charge in [-0.1, -0.05) is 19.4 Å². The number of nitrogens with zero attached hydrogens (tertiary/aromatic N) is 1. The molecule has 0 atom stereocenters. The number of hydrazine groups is 1. The molecule has 0 saturated heterocycles. The first-order chi connectivity index (χ1) is 6.06. The smallest absolute Gasteiger partial charge is 0.327 e. The van der Waals surface area contributed by atoms with Crippen LogP contribution in [0.3, 0.4) is 0 Å². The molecule has 0 aliphatic rings. The molecule has 0 saturated carbocycles.